The van der Waals surface area contributed by atoms with Gasteiger partial charge in [0.2, 0.25) is 0 Å². The van der Waals surface area contributed by atoms with Gasteiger partial charge in [0, 0.05) is 68.5 Å². The Labute approximate surface area is 141 Å². The fraction of sp³-hybridized carbons (Fsp3) is 0.333. The molecule has 3 aromatic heterocycles. The van der Waals surface area contributed by atoms with E-state index < -0.39 is 0 Å². The van der Waals surface area contributed by atoms with Crippen LogP contribution in [-0.2, 0) is 26.4 Å². The van der Waals surface area contributed by atoms with Gasteiger partial charge in [-0.15, -0.1) is 0 Å². The molecule has 0 saturated heterocycles. The van der Waals surface area contributed by atoms with E-state index in [1.807, 2.05) is 42.6 Å². The minimum absolute atomic E-state index is 0.928. The van der Waals surface area contributed by atoms with Crippen LogP contribution in [0.5, 0.6) is 0 Å². The molecule has 4 heterocycles. The Morgan fingerprint density at radius 2 is 2.04 bits per heavy atom. The van der Waals surface area contributed by atoms with Gasteiger partial charge in [-0.2, -0.15) is 5.10 Å². The van der Waals surface area contributed by atoms with Gasteiger partial charge in [-0.3, -0.25) is 14.6 Å². The van der Waals surface area contributed by atoms with E-state index in [9.17, 15) is 0 Å². The summed E-state index contributed by atoms with van der Waals surface area (Å²) in [5, 5.41) is 4.28. The van der Waals surface area contributed by atoms with Crippen molar-refractivity contribution in [2.24, 2.45) is 7.05 Å². The van der Waals surface area contributed by atoms with Crippen LogP contribution in [0, 0.1) is 0 Å². The van der Waals surface area contributed by atoms with Crippen molar-refractivity contribution in [2.75, 3.05) is 13.1 Å². The van der Waals surface area contributed by atoms with Crippen LogP contribution in [0.2, 0.25) is 0 Å². The first-order valence-electron chi connectivity index (χ1n) is 8.22. The van der Waals surface area contributed by atoms with Crippen LogP contribution in [0.1, 0.15) is 16.8 Å². The van der Waals surface area contributed by atoms with Crippen LogP contribution in [0.15, 0.2) is 43.2 Å². The van der Waals surface area contributed by atoms with Crippen LogP contribution >= 0.6 is 0 Å². The quantitative estimate of drug-likeness (QED) is 0.737. The molecule has 0 N–H and O–H groups in total. The maximum absolute atomic E-state index is 4.54. The van der Waals surface area contributed by atoms with E-state index in [-0.39, 0.29) is 0 Å². The summed E-state index contributed by atoms with van der Waals surface area (Å²) in [5.41, 5.74) is 5.77. The molecule has 24 heavy (non-hydrogen) atoms. The van der Waals surface area contributed by atoms with Crippen molar-refractivity contribution in [2.45, 2.75) is 19.4 Å². The SMILES string of the molecule is Cn1cc(-c2ncnc3c2CCN(Cc2cccnc2)CC3)cn1. The molecule has 1 aliphatic rings. The average molecular weight is 320 g/mol. The second-order valence-electron chi connectivity index (χ2n) is 6.19. The lowest BCUT2D eigenvalue weighted by molar-refractivity contribution is 0.278. The molecule has 1 aliphatic heterocycles. The monoisotopic (exact) mass is 320 g/mol. The molecule has 0 bridgehead atoms. The summed E-state index contributed by atoms with van der Waals surface area (Å²) in [4.78, 5) is 15.7. The fourth-order valence-electron chi connectivity index (χ4n) is 3.27. The van der Waals surface area contributed by atoms with Crippen molar-refractivity contribution in [3.63, 3.8) is 0 Å². The molecule has 0 saturated carbocycles. The lowest BCUT2D eigenvalue weighted by atomic mass is 10.0. The van der Waals surface area contributed by atoms with E-state index in [1.165, 1.54) is 11.1 Å². The van der Waals surface area contributed by atoms with E-state index in [0.29, 0.717) is 0 Å². The fourth-order valence-corrected chi connectivity index (χ4v) is 3.27. The van der Waals surface area contributed by atoms with Gasteiger partial charge in [0.15, 0.2) is 0 Å². The molecule has 6 nitrogen and oxygen atoms in total. The number of pyridine rings is 1. The van der Waals surface area contributed by atoms with Crippen molar-refractivity contribution < 1.29 is 0 Å². The summed E-state index contributed by atoms with van der Waals surface area (Å²) in [7, 11) is 1.93. The topological polar surface area (TPSA) is 59.7 Å². The summed E-state index contributed by atoms with van der Waals surface area (Å²) in [5.74, 6) is 0. The highest BCUT2D eigenvalue weighted by Gasteiger charge is 2.20. The molecular weight excluding hydrogens is 300 g/mol. The number of hydrogen-bond donors (Lipinski definition) is 0. The first-order valence-corrected chi connectivity index (χ1v) is 8.22. The molecule has 0 unspecified atom stereocenters. The van der Waals surface area contributed by atoms with Crippen LogP contribution in [-0.4, -0.2) is 42.7 Å². The second-order valence-corrected chi connectivity index (χ2v) is 6.19. The van der Waals surface area contributed by atoms with Gasteiger partial charge in [0.05, 0.1) is 11.9 Å². The van der Waals surface area contributed by atoms with E-state index in [1.54, 1.807) is 6.33 Å². The van der Waals surface area contributed by atoms with Gasteiger partial charge in [-0.25, -0.2) is 9.97 Å². The summed E-state index contributed by atoms with van der Waals surface area (Å²) in [6, 6.07) is 4.12. The largest absolute Gasteiger partial charge is 0.298 e. The average Bonchev–Trinajstić information content (AvgIpc) is 2.93. The third kappa shape index (κ3) is 3.05. The molecule has 122 valence electrons. The summed E-state index contributed by atoms with van der Waals surface area (Å²) >= 11 is 0. The Bertz CT molecular complexity index is 827. The number of nitrogens with zero attached hydrogens (tertiary/aromatic N) is 6. The lowest BCUT2D eigenvalue weighted by Crippen LogP contribution is -2.26. The summed E-state index contributed by atoms with van der Waals surface area (Å²) < 4.78 is 1.81. The van der Waals surface area contributed by atoms with E-state index in [0.717, 1.165) is 49.4 Å². The number of aromatic nitrogens is 5. The highest BCUT2D eigenvalue weighted by atomic mass is 15.2. The maximum atomic E-state index is 4.54. The molecule has 0 atom stereocenters. The molecule has 0 amide bonds. The molecule has 4 rings (SSSR count). The molecule has 0 fully saturated rings. The zero-order valence-corrected chi connectivity index (χ0v) is 13.8. The standard InChI is InChI=1S/C18H20N6/c1-23-12-15(10-22-23)18-16-4-7-24(8-5-17(16)20-13-21-18)11-14-3-2-6-19-9-14/h2-3,6,9-10,12-13H,4-5,7-8,11H2,1H3. The highest BCUT2D eigenvalue weighted by Crippen LogP contribution is 2.25. The predicted octanol–water partition coefficient (Wildman–Crippen LogP) is 1.87. The van der Waals surface area contributed by atoms with Crippen molar-refractivity contribution in [3.8, 4) is 11.3 Å². The van der Waals surface area contributed by atoms with Crippen molar-refractivity contribution in [3.05, 3.63) is 60.1 Å². The Kier molecular flexibility index (Phi) is 4.04. The van der Waals surface area contributed by atoms with E-state index in [4.69, 9.17) is 0 Å². The molecule has 0 radical (unpaired) electrons. The third-order valence-corrected chi connectivity index (χ3v) is 4.48. The Morgan fingerprint density at radius 1 is 1.12 bits per heavy atom. The van der Waals surface area contributed by atoms with Crippen LogP contribution in [0.4, 0.5) is 0 Å². The third-order valence-electron chi connectivity index (χ3n) is 4.48. The van der Waals surface area contributed by atoms with Crippen molar-refractivity contribution in [1.29, 1.82) is 0 Å². The van der Waals surface area contributed by atoms with Crippen LogP contribution < -0.4 is 0 Å². The van der Waals surface area contributed by atoms with E-state index in [2.05, 4.69) is 31.0 Å². The summed E-state index contributed by atoms with van der Waals surface area (Å²) in [6.07, 6.45) is 11.2. The predicted molar refractivity (Wildman–Crippen MR) is 91.2 cm³/mol. The Balaban J connectivity index is 1.57. The van der Waals surface area contributed by atoms with Gasteiger partial charge >= 0.3 is 0 Å². The normalized spacial score (nSPS) is 15.0. The second kappa shape index (κ2) is 6.49. The number of hydrogen-bond acceptors (Lipinski definition) is 5. The minimum atomic E-state index is 0.928. The Morgan fingerprint density at radius 3 is 2.83 bits per heavy atom. The molecule has 0 aliphatic carbocycles. The lowest BCUT2D eigenvalue weighted by Gasteiger charge is -2.19. The zero-order chi connectivity index (χ0) is 16.4. The van der Waals surface area contributed by atoms with Gasteiger partial charge < -0.3 is 0 Å². The molecule has 6 heteroatoms. The molecular formula is C18H20N6. The first-order chi connectivity index (χ1) is 11.8. The number of aryl methyl sites for hydroxylation is 1. The smallest absolute Gasteiger partial charge is 0.116 e. The van der Waals surface area contributed by atoms with Crippen molar-refractivity contribution >= 4 is 0 Å². The maximum Gasteiger partial charge on any atom is 0.116 e. The summed E-state index contributed by atoms with van der Waals surface area (Å²) in [6.45, 7) is 2.94. The van der Waals surface area contributed by atoms with Gasteiger partial charge in [0.1, 0.15) is 6.33 Å². The molecule has 3 aromatic rings. The first kappa shape index (κ1) is 15.0. The van der Waals surface area contributed by atoms with Crippen molar-refractivity contribution in [1.82, 2.24) is 29.6 Å². The van der Waals surface area contributed by atoms with Gasteiger partial charge in [-0.1, -0.05) is 6.07 Å². The van der Waals surface area contributed by atoms with E-state index >= 15 is 0 Å². The van der Waals surface area contributed by atoms with Crippen LogP contribution in [0.3, 0.4) is 0 Å². The molecule has 0 spiro atoms. The zero-order valence-electron chi connectivity index (χ0n) is 13.8. The van der Waals surface area contributed by atoms with Gasteiger partial charge in [0.25, 0.3) is 0 Å². The van der Waals surface area contributed by atoms with Crippen LogP contribution in [0.25, 0.3) is 11.3 Å². The number of rotatable bonds is 3. The number of fused-ring (bicyclic) bond motifs is 1. The van der Waals surface area contributed by atoms with Gasteiger partial charge in [-0.05, 0) is 18.1 Å². The molecule has 0 aromatic carbocycles. The highest BCUT2D eigenvalue weighted by molar-refractivity contribution is 5.62. The minimum Gasteiger partial charge on any atom is -0.298 e. The Hall–Kier alpha value is -2.60.